The van der Waals surface area contributed by atoms with E-state index in [0.29, 0.717) is 6.54 Å². The predicted molar refractivity (Wildman–Crippen MR) is 65.3 cm³/mol. The van der Waals surface area contributed by atoms with Gasteiger partial charge in [0, 0.05) is 17.5 Å². The van der Waals surface area contributed by atoms with Gasteiger partial charge >= 0.3 is 0 Å². The van der Waals surface area contributed by atoms with Crippen molar-refractivity contribution in [1.82, 2.24) is 0 Å². The Balaban J connectivity index is 2.55. The Morgan fingerprint density at radius 2 is 2.33 bits per heavy atom. The number of rotatable bonds is 1. The lowest BCUT2D eigenvalue weighted by Gasteiger charge is -2.27. The summed E-state index contributed by atoms with van der Waals surface area (Å²) in [4.78, 5) is 0. The molecule has 1 atom stereocenters. The Labute approximate surface area is 98.9 Å². The number of benzene rings is 1. The molecule has 2 N–H and O–H groups in total. The van der Waals surface area contributed by atoms with Crippen LogP contribution in [0.5, 0.6) is 5.75 Å². The van der Waals surface area contributed by atoms with Crippen LogP contribution < -0.4 is 10.5 Å². The fourth-order valence-corrected chi connectivity index (χ4v) is 2.59. The minimum absolute atomic E-state index is 0.0512. The van der Waals surface area contributed by atoms with E-state index in [4.69, 9.17) is 10.5 Å². The Hall–Kier alpha value is -0.540. The summed E-state index contributed by atoms with van der Waals surface area (Å²) in [5.74, 6) is 0.975. The van der Waals surface area contributed by atoms with Crippen molar-refractivity contribution in [2.24, 2.45) is 5.73 Å². The van der Waals surface area contributed by atoms with Crippen molar-refractivity contribution in [2.45, 2.75) is 25.2 Å². The summed E-state index contributed by atoms with van der Waals surface area (Å²) in [5.41, 5.74) is 7.19. The van der Waals surface area contributed by atoms with Gasteiger partial charge in [0.2, 0.25) is 0 Å². The molecule has 0 spiro atoms. The summed E-state index contributed by atoms with van der Waals surface area (Å²) in [7, 11) is 0. The summed E-state index contributed by atoms with van der Waals surface area (Å²) in [6.45, 7) is 3.66. The van der Waals surface area contributed by atoms with Gasteiger partial charge in [-0.2, -0.15) is 0 Å². The first-order chi connectivity index (χ1) is 7.17. The fraction of sp³-hybridized carbons (Fsp3) is 0.500. The zero-order chi connectivity index (χ0) is 10.9. The Morgan fingerprint density at radius 1 is 1.53 bits per heavy atom. The van der Waals surface area contributed by atoms with Crippen molar-refractivity contribution in [3.05, 3.63) is 28.2 Å². The molecule has 0 amide bonds. The number of fused-ring (bicyclic) bond motifs is 1. The lowest BCUT2D eigenvalue weighted by atomic mass is 9.79. The Morgan fingerprint density at radius 3 is 3.07 bits per heavy atom. The first-order valence-electron chi connectivity index (χ1n) is 5.29. The third-order valence-corrected chi connectivity index (χ3v) is 3.81. The molecule has 0 radical (unpaired) electrons. The SMILES string of the molecule is CC1(CN)CCCOc2c(Br)cccc21. The van der Waals surface area contributed by atoms with E-state index in [2.05, 4.69) is 28.9 Å². The quantitative estimate of drug-likeness (QED) is 0.851. The topological polar surface area (TPSA) is 35.2 Å². The second-order valence-electron chi connectivity index (χ2n) is 4.33. The van der Waals surface area contributed by atoms with Crippen molar-refractivity contribution in [3.63, 3.8) is 0 Å². The normalized spacial score (nSPS) is 25.3. The second kappa shape index (κ2) is 4.14. The van der Waals surface area contributed by atoms with Crippen LogP contribution in [0.2, 0.25) is 0 Å². The Kier molecular flexibility index (Phi) is 3.03. The summed E-state index contributed by atoms with van der Waals surface area (Å²) in [6, 6.07) is 6.19. The molecule has 0 saturated carbocycles. The van der Waals surface area contributed by atoms with E-state index in [0.717, 1.165) is 29.7 Å². The van der Waals surface area contributed by atoms with Gasteiger partial charge in [0.15, 0.2) is 0 Å². The predicted octanol–water partition coefficient (Wildman–Crippen LogP) is 2.84. The summed E-state index contributed by atoms with van der Waals surface area (Å²) in [5, 5.41) is 0. The van der Waals surface area contributed by atoms with Crippen LogP contribution in [0.15, 0.2) is 22.7 Å². The molecule has 0 aromatic heterocycles. The molecule has 15 heavy (non-hydrogen) atoms. The number of nitrogens with two attached hydrogens (primary N) is 1. The van der Waals surface area contributed by atoms with E-state index in [-0.39, 0.29) is 5.41 Å². The zero-order valence-electron chi connectivity index (χ0n) is 8.92. The van der Waals surface area contributed by atoms with Gasteiger partial charge in [0.1, 0.15) is 5.75 Å². The molecule has 82 valence electrons. The number of halogens is 1. The van der Waals surface area contributed by atoms with Gasteiger partial charge in [0.25, 0.3) is 0 Å². The maximum absolute atomic E-state index is 5.90. The molecule has 3 heteroatoms. The molecule has 1 aliphatic heterocycles. The van der Waals surface area contributed by atoms with E-state index >= 15 is 0 Å². The molecule has 1 aliphatic rings. The van der Waals surface area contributed by atoms with Crippen molar-refractivity contribution >= 4 is 15.9 Å². The molecule has 1 aromatic carbocycles. The van der Waals surface area contributed by atoms with Gasteiger partial charge < -0.3 is 10.5 Å². The fourth-order valence-electron chi connectivity index (χ4n) is 2.11. The third-order valence-electron chi connectivity index (χ3n) is 3.19. The van der Waals surface area contributed by atoms with Gasteiger partial charge in [-0.1, -0.05) is 19.1 Å². The van der Waals surface area contributed by atoms with Crippen molar-refractivity contribution in [2.75, 3.05) is 13.2 Å². The van der Waals surface area contributed by atoms with Crippen LogP contribution >= 0.6 is 15.9 Å². The highest BCUT2D eigenvalue weighted by Gasteiger charge is 2.31. The van der Waals surface area contributed by atoms with Crippen molar-refractivity contribution in [3.8, 4) is 5.75 Å². The van der Waals surface area contributed by atoms with Crippen LogP contribution in [-0.4, -0.2) is 13.2 Å². The number of para-hydroxylation sites is 1. The zero-order valence-corrected chi connectivity index (χ0v) is 10.5. The number of hydrogen-bond donors (Lipinski definition) is 1. The average molecular weight is 270 g/mol. The lowest BCUT2D eigenvalue weighted by Crippen LogP contribution is -2.31. The highest BCUT2D eigenvalue weighted by molar-refractivity contribution is 9.10. The van der Waals surface area contributed by atoms with Crippen LogP contribution in [-0.2, 0) is 5.41 Å². The molecule has 0 saturated heterocycles. The monoisotopic (exact) mass is 269 g/mol. The maximum atomic E-state index is 5.90. The highest BCUT2D eigenvalue weighted by atomic mass is 79.9. The van der Waals surface area contributed by atoms with Gasteiger partial charge in [-0.25, -0.2) is 0 Å². The lowest BCUT2D eigenvalue weighted by molar-refractivity contribution is 0.311. The van der Waals surface area contributed by atoms with Gasteiger partial charge in [-0.05, 0) is 34.8 Å². The molecule has 2 nitrogen and oxygen atoms in total. The van der Waals surface area contributed by atoms with Crippen LogP contribution in [0.3, 0.4) is 0 Å². The summed E-state index contributed by atoms with van der Waals surface area (Å²) in [6.07, 6.45) is 2.15. The largest absolute Gasteiger partial charge is 0.492 e. The minimum Gasteiger partial charge on any atom is -0.492 e. The first kappa shape index (κ1) is 11.0. The molecule has 0 aliphatic carbocycles. The van der Waals surface area contributed by atoms with Crippen LogP contribution in [0, 0.1) is 0 Å². The van der Waals surface area contributed by atoms with Gasteiger partial charge in [-0.3, -0.25) is 0 Å². The first-order valence-corrected chi connectivity index (χ1v) is 6.08. The van der Waals surface area contributed by atoms with E-state index in [1.807, 2.05) is 12.1 Å². The second-order valence-corrected chi connectivity index (χ2v) is 5.19. The Bertz CT molecular complexity index is 367. The van der Waals surface area contributed by atoms with Crippen molar-refractivity contribution < 1.29 is 4.74 Å². The average Bonchev–Trinajstić information content (AvgIpc) is 2.41. The molecule has 0 fully saturated rings. The molecule has 0 bridgehead atoms. The molecule has 1 unspecified atom stereocenters. The number of ether oxygens (including phenoxy) is 1. The van der Waals surface area contributed by atoms with E-state index in [9.17, 15) is 0 Å². The van der Waals surface area contributed by atoms with Gasteiger partial charge in [0.05, 0.1) is 11.1 Å². The molecule has 1 heterocycles. The molecular weight excluding hydrogens is 254 g/mol. The van der Waals surface area contributed by atoms with Crippen LogP contribution in [0.1, 0.15) is 25.3 Å². The van der Waals surface area contributed by atoms with Crippen LogP contribution in [0.4, 0.5) is 0 Å². The summed E-state index contributed by atoms with van der Waals surface area (Å²) < 4.78 is 6.80. The molecular formula is C12H16BrNO. The number of hydrogen-bond acceptors (Lipinski definition) is 2. The van der Waals surface area contributed by atoms with E-state index in [1.165, 1.54) is 5.56 Å². The van der Waals surface area contributed by atoms with Crippen LogP contribution in [0.25, 0.3) is 0 Å². The summed E-state index contributed by atoms with van der Waals surface area (Å²) >= 11 is 3.53. The van der Waals surface area contributed by atoms with E-state index < -0.39 is 0 Å². The third kappa shape index (κ3) is 1.91. The van der Waals surface area contributed by atoms with E-state index in [1.54, 1.807) is 0 Å². The minimum atomic E-state index is 0.0512. The highest BCUT2D eigenvalue weighted by Crippen LogP contribution is 2.41. The molecule has 2 rings (SSSR count). The molecule has 1 aromatic rings. The maximum Gasteiger partial charge on any atom is 0.137 e. The standard InChI is InChI=1S/C12H16BrNO/c1-12(8-14)6-3-7-15-11-9(12)4-2-5-10(11)13/h2,4-5H,3,6-8,14H2,1H3. The smallest absolute Gasteiger partial charge is 0.137 e. The van der Waals surface area contributed by atoms with Crippen molar-refractivity contribution in [1.29, 1.82) is 0 Å². The van der Waals surface area contributed by atoms with Gasteiger partial charge in [-0.15, -0.1) is 0 Å².